The first-order valence-electron chi connectivity index (χ1n) is 6.06. The minimum atomic E-state index is 0.635. The molecule has 0 saturated heterocycles. The maximum absolute atomic E-state index is 8.90. The van der Waals surface area contributed by atoms with E-state index in [1.54, 1.807) is 0 Å². The third-order valence-corrected chi connectivity index (χ3v) is 4.67. The molecule has 1 aromatic rings. The van der Waals surface area contributed by atoms with Crippen LogP contribution >= 0.6 is 11.8 Å². The monoisotopic (exact) mass is 249 g/mol. The molecular formula is C13H19N3S. The SMILES string of the molecule is CSC1CCCC1NCc1cc(C#N)n(C)c1. The van der Waals surface area contributed by atoms with Crippen LogP contribution in [0.2, 0.25) is 0 Å². The van der Waals surface area contributed by atoms with E-state index in [4.69, 9.17) is 5.26 Å². The van der Waals surface area contributed by atoms with E-state index in [1.807, 2.05) is 35.6 Å². The van der Waals surface area contributed by atoms with Gasteiger partial charge in [-0.25, -0.2) is 0 Å². The molecule has 0 radical (unpaired) electrons. The highest BCUT2D eigenvalue weighted by atomic mass is 32.2. The van der Waals surface area contributed by atoms with Crippen LogP contribution in [0, 0.1) is 11.3 Å². The molecule has 2 unspecified atom stereocenters. The Morgan fingerprint density at radius 1 is 1.59 bits per heavy atom. The first-order valence-corrected chi connectivity index (χ1v) is 7.35. The van der Waals surface area contributed by atoms with Crippen LogP contribution in [0.1, 0.15) is 30.5 Å². The van der Waals surface area contributed by atoms with Crippen LogP contribution in [-0.4, -0.2) is 22.1 Å². The molecule has 4 heteroatoms. The third-order valence-electron chi connectivity index (χ3n) is 3.50. The highest BCUT2D eigenvalue weighted by Crippen LogP contribution is 2.28. The van der Waals surface area contributed by atoms with Crippen LogP contribution in [0.5, 0.6) is 0 Å². The van der Waals surface area contributed by atoms with Gasteiger partial charge in [0.25, 0.3) is 0 Å². The maximum Gasteiger partial charge on any atom is 0.120 e. The Bertz CT molecular complexity index is 419. The molecule has 1 heterocycles. The van der Waals surface area contributed by atoms with Crippen molar-refractivity contribution in [3.63, 3.8) is 0 Å². The molecule has 1 aliphatic carbocycles. The fraction of sp³-hybridized carbons (Fsp3) is 0.615. The molecule has 0 amide bonds. The summed E-state index contributed by atoms with van der Waals surface area (Å²) in [5.74, 6) is 0. The van der Waals surface area contributed by atoms with Gasteiger partial charge in [0.15, 0.2) is 0 Å². The Morgan fingerprint density at radius 2 is 2.41 bits per heavy atom. The van der Waals surface area contributed by atoms with Crippen molar-refractivity contribution in [3.8, 4) is 6.07 Å². The molecule has 2 atom stereocenters. The molecule has 0 aromatic carbocycles. The lowest BCUT2D eigenvalue weighted by Gasteiger charge is -2.18. The highest BCUT2D eigenvalue weighted by Gasteiger charge is 2.25. The van der Waals surface area contributed by atoms with Gasteiger partial charge in [-0.15, -0.1) is 0 Å². The van der Waals surface area contributed by atoms with Crippen molar-refractivity contribution < 1.29 is 0 Å². The number of nitrogens with zero attached hydrogens (tertiary/aromatic N) is 2. The van der Waals surface area contributed by atoms with E-state index in [1.165, 1.54) is 24.8 Å². The topological polar surface area (TPSA) is 40.8 Å². The molecule has 1 N–H and O–H groups in total. The van der Waals surface area contributed by atoms with Gasteiger partial charge in [-0.05, 0) is 30.7 Å². The average Bonchev–Trinajstić information content (AvgIpc) is 2.92. The van der Waals surface area contributed by atoms with Gasteiger partial charge in [-0.1, -0.05) is 6.42 Å². The lowest BCUT2D eigenvalue weighted by atomic mass is 10.2. The number of hydrogen-bond acceptors (Lipinski definition) is 3. The summed E-state index contributed by atoms with van der Waals surface area (Å²) in [6, 6.07) is 4.80. The highest BCUT2D eigenvalue weighted by molar-refractivity contribution is 7.99. The van der Waals surface area contributed by atoms with Crippen LogP contribution in [-0.2, 0) is 13.6 Å². The number of nitrogens with one attached hydrogen (secondary N) is 1. The predicted molar refractivity (Wildman–Crippen MR) is 71.9 cm³/mol. The van der Waals surface area contributed by atoms with Gasteiger partial charge in [0.2, 0.25) is 0 Å². The van der Waals surface area contributed by atoms with Crippen molar-refractivity contribution in [1.82, 2.24) is 9.88 Å². The summed E-state index contributed by atoms with van der Waals surface area (Å²) in [4.78, 5) is 0. The van der Waals surface area contributed by atoms with Crippen LogP contribution in [0.4, 0.5) is 0 Å². The van der Waals surface area contributed by atoms with Crippen molar-refractivity contribution in [1.29, 1.82) is 5.26 Å². The van der Waals surface area contributed by atoms with Gasteiger partial charge in [0.1, 0.15) is 11.8 Å². The molecule has 3 nitrogen and oxygen atoms in total. The minimum absolute atomic E-state index is 0.635. The maximum atomic E-state index is 8.90. The van der Waals surface area contributed by atoms with E-state index < -0.39 is 0 Å². The second kappa shape index (κ2) is 5.61. The number of hydrogen-bond donors (Lipinski definition) is 1. The zero-order valence-corrected chi connectivity index (χ0v) is 11.3. The summed E-state index contributed by atoms with van der Waals surface area (Å²) in [5, 5.41) is 13.3. The first kappa shape index (κ1) is 12.5. The minimum Gasteiger partial charge on any atom is -0.342 e. The van der Waals surface area contributed by atoms with E-state index in [2.05, 4.69) is 17.6 Å². The Morgan fingerprint density at radius 3 is 3.06 bits per heavy atom. The standard InChI is InChI=1S/C13H19N3S/c1-16-9-10(6-11(16)7-14)8-15-12-4-3-5-13(12)17-2/h6,9,12-13,15H,3-5,8H2,1-2H3. The lowest BCUT2D eigenvalue weighted by Crippen LogP contribution is -2.33. The zero-order valence-electron chi connectivity index (χ0n) is 10.4. The molecule has 1 saturated carbocycles. The number of nitriles is 1. The van der Waals surface area contributed by atoms with Crippen molar-refractivity contribution in [2.24, 2.45) is 7.05 Å². The molecule has 0 bridgehead atoms. The van der Waals surface area contributed by atoms with E-state index in [0.717, 1.165) is 17.5 Å². The Balaban J connectivity index is 1.91. The third kappa shape index (κ3) is 2.85. The molecular weight excluding hydrogens is 230 g/mol. The fourth-order valence-electron chi connectivity index (χ4n) is 2.53. The van der Waals surface area contributed by atoms with Gasteiger partial charge < -0.3 is 9.88 Å². The quantitative estimate of drug-likeness (QED) is 0.890. The predicted octanol–water partition coefficient (Wildman–Crippen LogP) is 2.27. The second-order valence-electron chi connectivity index (χ2n) is 4.65. The molecule has 0 spiro atoms. The first-order chi connectivity index (χ1) is 8.24. The lowest BCUT2D eigenvalue weighted by molar-refractivity contribution is 0.532. The molecule has 2 rings (SSSR count). The van der Waals surface area contributed by atoms with Crippen molar-refractivity contribution >= 4 is 11.8 Å². The van der Waals surface area contributed by atoms with E-state index in [0.29, 0.717) is 6.04 Å². The van der Waals surface area contributed by atoms with Gasteiger partial charge >= 0.3 is 0 Å². The summed E-state index contributed by atoms with van der Waals surface area (Å²) in [5.41, 5.74) is 1.94. The Labute approximate surface area is 107 Å². The van der Waals surface area contributed by atoms with Gasteiger partial charge in [-0.2, -0.15) is 17.0 Å². The normalized spacial score (nSPS) is 23.8. The van der Waals surface area contributed by atoms with Gasteiger partial charge in [0.05, 0.1) is 0 Å². The summed E-state index contributed by atoms with van der Waals surface area (Å²) < 4.78 is 1.89. The Hall–Kier alpha value is -0.920. The van der Waals surface area contributed by atoms with E-state index in [9.17, 15) is 0 Å². The van der Waals surface area contributed by atoms with Crippen molar-refractivity contribution in [2.75, 3.05) is 6.26 Å². The summed E-state index contributed by atoms with van der Waals surface area (Å²) in [6.45, 7) is 0.872. The second-order valence-corrected chi connectivity index (χ2v) is 5.73. The molecule has 17 heavy (non-hydrogen) atoms. The molecule has 1 aliphatic rings. The average molecular weight is 249 g/mol. The Kier molecular flexibility index (Phi) is 4.14. The summed E-state index contributed by atoms with van der Waals surface area (Å²) in [7, 11) is 1.92. The molecule has 1 aromatic heterocycles. The molecule has 0 aliphatic heterocycles. The van der Waals surface area contributed by atoms with E-state index in [-0.39, 0.29) is 0 Å². The largest absolute Gasteiger partial charge is 0.342 e. The number of aryl methyl sites for hydroxylation is 1. The van der Waals surface area contributed by atoms with Crippen LogP contribution in [0.15, 0.2) is 12.3 Å². The molecule has 92 valence electrons. The van der Waals surface area contributed by atoms with Crippen LogP contribution in [0.3, 0.4) is 0 Å². The van der Waals surface area contributed by atoms with Crippen molar-refractivity contribution in [3.05, 3.63) is 23.5 Å². The van der Waals surface area contributed by atoms with Crippen LogP contribution in [0.25, 0.3) is 0 Å². The summed E-state index contributed by atoms with van der Waals surface area (Å²) in [6.07, 6.45) is 8.18. The van der Waals surface area contributed by atoms with Crippen LogP contribution < -0.4 is 5.32 Å². The van der Waals surface area contributed by atoms with Gasteiger partial charge in [0, 0.05) is 31.1 Å². The number of rotatable bonds is 4. The smallest absolute Gasteiger partial charge is 0.120 e. The van der Waals surface area contributed by atoms with E-state index >= 15 is 0 Å². The molecule has 1 fully saturated rings. The van der Waals surface area contributed by atoms with Crippen molar-refractivity contribution in [2.45, 2.75) is 37.1 Å². The number of thioether (sulfide) groups is 1. The zero-order chi connectivity index (χ0) is 12.3. The number of aromatic nitrogens is 1. The van der Waals surface area contributed by atoms with Gasteiger partial charge in [-0.3, -0.25) is 0 Å². The summed E-state index contributed by atoms with van der Waals surface area (Å²) >= 11 is 1.97. The fourth-order valence-corrected chi connectivity index (χ4v) is 3.49.